The quantitative estimate of drug-likeness (QED) is 0.716. The lowest BCUT2D eigenvalue weighted by Gasteiger charge is -2.20. The molecule has 1 aliphatic rings. The molecule has 1 heterocycles. The standard InChI is InChI=1S/C13H11Cl2NO/c1-3-9-5-12(17)16(7-9)13-8(2)4-10(14)6-11(13)15/h1,4,6,9H,5,7H2,2H3. The fourth-order valence-electron chi connectivity index (χ4n) is 2.07. The molecule has 0 bridgehead atoms. The number of anilines is 1. The van der Waals surface area contributed by atoms with Gasteiger partial charge in [0.2, 0.25) is 5.91 Å². The zero-order chi connectivity index (χ0) is 12.6. The van der Waals surface area contributed by atoms with Crippen LogP contribution in [0.5, 0.6) is 0 Å². The monoisotopic (exact) mass is 267 g/mol. The van der Waals surface area contributed by atoms with Gasteiger partial charge < -0.3 is 4.90 Å². The molecule has 4 heteroatoms. The molecule has 0 aliphatic carbocycles. The van der Waals surface area contributed by atoms with Gasteiger partial charge in [0.05, 0.1) is 10.7 Å². The van der Waals surface area contributed by atoms with Crippen LogP contribution in [0.1, 0.15) is 12.0 Å². The van der Waals surface area contributed by atoms with Crippen LogP contribution >= 0.6 is 23.2 Å². The van der Waals surface area contributed by atoms with Crippen molar-refractivity contribution in [2.24, 2.45) is 5.92 Å². The fraction of sp³-hybridized carbons (Fsp3) is 0.308. The van der Waals surface area contributed by atoms with Gasteiger partial charge in [-0.05, 0) is 24.6 Å². The summed E-state index contributed by atoms with van der Waals surface area (Å²) in [5.74, 6) is 2.59. The maximum absolute atomic E-state index is 11.9. The third kappa shape index (κ3) is 2.26. The molecule has 1 saturated heterocycles. The van der Waals surface area contributed by atoms with E-state index in [1.165, 1.54) is 0 Å². The zero-order valence-corrected chi connectivity index (χ0v) is 10.8. The molecule has 1 unspecified atom stereocenters. The van der Waals surface area contributed by atoms with E-state index in [0.29, 0.717) is 23.0 Å². The number of hydrogen-bond acceptors (Lipinski definition) is 1. The number of hydrogen-bond donors (Lipinski definition) is 0. The van der Waals surface area contributed by atoms with Gasteiger partial charge in [-0.1, -0.05) is 23.2 Å². The third-order valence-corrected chi connectivity index (χ3v) is 3.36. The summed E-state index contributed by atoms with van der Waals surface area (Å²) in [6.07, 6.45) is 5.74. The van der Waals surface area contributed by atoms with Crippen molar-refractivity contribution >= 4 is 34.8 Å². The SMILES string of the molecule is C#CC1CC(=O)N(c2c(C)cc(Cl)cc2Cl)C1. The summed E-state index contributed by atoms with van der Waals surface area (Å²) in [6.45, 7) is 2.40. The predicted octanol–water partition coefficient (Wildman–Crippen LogP) is 3.29. The van der Waals surface area contributed by atoms with Crippen molar-refractivity contribution in [3.8, 4) is 12.3 Å². The Bertz CT molecular complexity index is 496. The van der Waals surface area contributed by atoms with Crippen molar-refractivity contribution in [1.29, 1.82) is 0 Å². The second-order valence-corrected chi connectivity index (χ2v) is 4.97. The average molecular weight is 268 g/mol. The van der Waals surface area contributed by atoms with E-state index >= 15 is 0 Å². The van der Waals surface area contributed by atoms with Crippen LogP contribution in [0, 0.1) is 25.2 Å². The number of amides is 1. The first kappa shape index (κ1) is 12.3. The molecule has 1 atom stereocenters. The Kier molecular flexibility index (Phi) is 3.33. The topological polar surface area (TPSA) is 20.3 Å². The van der Waals surface area contributed by atoms with Gasteiger partial charge >= 0.3 is 0 Å². The van der Waals surface area contributed by atoms with Gasteiger partial charge in [-0.15, -0.1) is 12.3 Å². The first-order valence-electron chi connectivity index (χ1n) is 5.25. The van der Waals surface area contributed by atoms with Crippen LogP contribution in [0.15, 0.2) is 12.1 Å². The van der Waals surface area contributed by atoms with Gasteiger partial charge in [-0.2, -0.15) is 0 Å². The molecular weight excluding hydrogens is 257 g/mol. The summed E-state index contributed by atoms with van der Waals surface area (Å²) in [5.41, 5.74) is 1.60. The Morgan fingerprint density at radius 3 is 2.71 bits per heavy atom. The summed E-state index contributed by atoms with van der Waals surface area (Å²) >= 11 is 12.0. The molecule has 88 valence electrons. The van der Waals surface area contributed by atoms with E-state index in [1.54, 1.807) is 17.0 Å². The zero-order valence-electron chi connectivity index (χ0n) is 9.34. The maximum Gasteiger partial charge on any atom is 0.228 e. The van der Waals surface area contributed by atoms with Crippen molar-refractivity contribution in [3.05, 3.63) is 27.7 Å². The van der Waals surface area contributed by atoms with E-state index in [2.05, 4.69) is 5.92 Å². The number of terminal acetylenes is 1. The summed E-state index contributed by atoms with van der Waals surface area (Å²) in [6, 6.07) is 3.43. The van der Waals surface area contributed by atoms with E-state index in [4.69, 9.17) is 29.6 Å². The number of rotatable bonds is 1. The highest BCUT2D eigenvalue weighted by molar-refractivity contribution is 6.37. The maximum atomic E-state index is 11.9. The molecule has 0 spiro atoms. The molecule has 2 nitrogen and oxygen atoms in total. The number of nitrogens with zero attached hydrogens (tertiary/aromatic N) is 1. The van der Waals surface area contributed by atoms with Crippen molar-refractivity contribution in [1.82, 2.24) is 0 Å². The summed E-state index contributed by atoms with van der Waals surface area (Å²) < 4.78 is 0. The van der Waals surface area contributed by atoms with Crippen molar-refractivity contribution in [2.45, 2.75) is 13.3 Å². The van der Waals surface area contributed by atoms with Crippen molar-refractivity contribution in [2.75, 3.05) is 11.4 Å². The molecule has 0 saturated carbocycles. The lowest BCUT2D eigenvalue weighted by molar-refractivity contribution is -0.117. The average Bonchev–Trinajstić information content (AvgIpc) is 2.59. The minimum absolute atomic E-state index is 0.0141. The van der Waals surface area contributed by atoms with Gasteiger partial charge in [-0.3, -0.25) is 4.79 Å². The summed E-state index contributed by atoms with van der Waals surface area (Å²) in [4.78, 5) is 13.5. The van der Waals surface area contributed by atoms with Crippen LogP contribution < -0.4 is 4.90 Å². The summed E-state index contributed by atoms with van der Waals surface area (Å²) in [5, 5.41) is 1.05. The molecule has 0 aromatic heterocycles. The van der Waals surface area contributed by atoms with Crippen LogP contribution in [0.25, 0.3) is 0 Å². The number of carbonyl (C=O) groups is 1. The first-order chi connectivity index (χ1) is 8.02. The molecule has 1 aliphatic heterocycles. The highest BCUT2D eigenvalue weighted by Crippen LogP contribution is 2.36. The Balaban J connectivity index is 2.42. The molecule has 2 rings (SSSR count). The second-order valence-electron chi connectivity index (χ2n) is 4.13. The molecule has 1 aromatic rings. The Morgan fingerprint density at radius 1 is 1.47 bits per heavy atom. The minimum Gasteiger partial charge on any atom is -0.309 e. The molecule has 1 fully saturated rings. The van der Waals surface area contributed by atoms with Crippen LogP contribution in [0.3, 0.4) is 0 Å². The molecule has 1 amide bonds. The van der Waals surface area contributed by atoms with Crippen LogP contribution in [-0.2, 0) is 4.79 Å². The van der Waals surface area contributed by atoms with Gasteiger partial charge in [0.15, 0.2) is 0 Å². The van der Waals surface area contributed by atoms with Gasteiger partial charge in [0.25, 0.3) is 0 Å². The fourth-order valence-corrected chi connectivity index (χ4v) is 2.77. The van der Waals surface area contributed by atoms with Gasteiger partial charge in [0, 0.05) is 23.9 Å². The Hall–Kier alpha value is -1.17. The minimum atomic E-state index is -0.0337. The molecule has 0 radical (unpaired) electrons. The number of aryl methyl sites for hydroxylation is 1. The largest absolute Gasteiger partial charge is 0.309 e. The lowest BCUT2D eigenvalue weighted by atomic mass is 10.1. The molecule has 17 heavy (non-hydrogen) atoms. The van der Waals surface area contributed by atoms with Crippen LogP contribution in [0.4, 0.5) is 5.69 Å². The van der Waals surface area contributed by atoms with Crippen molar-refractivity contribution < 1.29 is 4.79 Å². The third-order valence-electron chi connectivity index (χ3n) is 2.85. The Labute approximate surface area is 111 Å². The van der Waals surface area contributed by atoms with E-state index in [-0.39, 0.29) is 11.8 Å². The number of carbonyl (C=O) groups excluding carboxylic acids is 1. The lowest BCUT2D eigenvalue weighted by Crippen LogP contribution is -2.25. The van der Waals surface area contributed by atoms with E-state index < -0.39 is 0 Å². The van der Waals surface area contributed by atoms with E-state index in [1.807, 2.05) is 6.92 Å². The highest BCUT2D eigenvalue weighted by Gasteiger charge is 2.31. The first-order valence-corrected chi connectivity index (χ1v) is 6.00. The summed E-state index contributed by atoms with van der Waals surface area (Å²) in [7, 11) is 0. The normalized spacial score (nSPS) is 19.5. The predicted molar refractivity (Wildman–Crippen MR) is 70.5 cm³/mol. The number of halogens is 2. The molecule has 0 N–H and O–H groups in total. The second kappa shape index (κ2) is 4.60. The number of benzene rings is 1. The molecule has 1 aromatic carbocycles. The van der Waals surface area contributed by atoms with E-state index in [9.17, 15) is 4.79 Å². The van der Waals surface area contributed by atoms with Crippen molar-refractivity contribution in [3.63, 3.8) is 0 Å². The Morgan fingerprint density at radius 2 is 2.18 bits per heavy atom. The van der Waals surface area contributed by atoms with Gasteiger partial charge in [-0.25, -0.2) is 0 Å². The molecular formula is C13H11Cl2NO. The van der Waals surface area contributed by atoms with Crippen LogP contribution in [0.2, 0.25) is 10.0 Å². The van der Waals surface area contributed by atoms with E-state index in [0.717, 1.165) is 11.3 Å². The van der Waals surface area contributed by atoms with Gasteiger partial charge in [0.1, 0.15) is 0 Å². The highest BCUT2D eigenvalue weighted by atomic mass is 35.5. The smallest absolute Gasteiger partial charge is 0.228 e. The van der Waals surface area contributed by atoms with Crippen LogP contribution in [-0.4, -0.2) is 12.5 Å².